The summed E-state index contributed by atoms with van der Waals surface area (Å²) in [4.78, 5) is 15.8. The van der Waals surface area contributed by atoms with Gasteiger partial charge in [0.25, 0.3) is 5.56 Å². The molecule has 0 radical (unpaired) electrons. The molecule has 2 aromatic rings. The third kappa shape index (κ3) is 2.76. The van der Waals surface area contributed by atoms with Gasteiger partial charge in [-0.3, -0.25) is 4.79 Å². The van der Waals surface area contributed by atoms with Crippen molar-refractivity contribution in [3.63, 3.8) is 0 Å². The van der Waals surface area contributed by atoms with E-state index in [-0.39, 0.29) is 11.3 Å². The lowest BCUT2D eigenvalue weighted by molar-refractivity contribution is 0.0615. The Hall–Kier alpha value is -1.95. The van der Waals surface area contributed by atoms with E-state index in [4.69, 9.17) is 9.47 Å². The Morgan fingerprint density at radius 3 is 2.90 bits per heavy atom. The molecule has 112 valence electrons. The zero-order valence-electron chi connectivity index (χ0n) is 11.8. The molecule has 6 heteroatoms. The van der Waals surface area contributed by atoms with Crippen LogP contribution in [0.4, 0.5) is 4.39 Å². The molecule has 0 bridgehead atoms. The third-order valence-electron chi connectivity index (χ3n) is 3.92. The van der Waals surface area contributed by atoms with Crippen LogP contribution in [-0.2, 0) is 11.3 Å². The molecule has 0 atom stereocenters. The summed E-state index contributed by atoms with van der Waals surface area (Å²) < 4.78 is 26.0. The van der Waals surface area contributed by atoms with Gasteiger partial charge in [-0.05, 0) is 24.8 Å². The highest BCUT2D eigenvalue weighted by atomic mass is 19.1. The third-order valence-corrected chi connectivity index (χ3v) is 3.92. The Kier molecular flexibility index (Phi) is 3.88. The number of rotatable bonds is 3. The SMILES string of the molecule is COc1cc2c(=O)ncn(CC3CCOCC3)c2cc1F. The summed E-state index contributed by atoms with van der Waals surface area (Å²) in [5, 5.41) is 0.378. The first-order chi connectivity index (χ1) is 10.2. The van der Waals surface area contributed by atoms with Crippen molar-refractivity contribution in [2.45, 2.75) is 19.4 Å². The first kappa shape index (κ1) is 14.0. The molecule has 0 unspecified atom stereocenters. The lowest BCUT2D eigenvalue weighted by atomic mass is 10.0. The van der Waals surface area contributed by atoms with Crippen LogP contribution in [0.5, 0.6) is 5.75 Å². The van der Waals surface area contributed by atoms with E-state index in [1.165, 1.54) is 25.6 Å². The van der Waals surface area contributed by atoms with E-state index >= 15 is 0 Å². The van der Waals surface area contributed by atoms with E-state index < -0.39 is 5.82 Å². The van der Waals surface area contributed by atoms with Crippen LogP contribution in [0.15, 0.2) is 23.3 Å². The van der Waals surface area contributed by atoms with Crippen molar-refractivity contribution in [1.82, 2.24) is 9.55 Å². The molecule has 1 fully saturated rings. The normalized spacial score (nSPS) is 16.3. The van der Waals surface area contributed by atoms with Crippen molar-refractivity contribution in [1.29, 1.82) is 0 Å². The van der Waals surface area contributed by atoms with Gasteiger partial charge in [-0.1, -0.05) is 0 Å². The van der Waals surface area contributed by atoms with Crippen molar-refractivity contribution >= 4 is 10.9 Å². The van der Waals surface area contributed by atoms with E-state index in [9.17, 15) is 9.18 Å². The quantitative estimate of drug-likeness (QED) is 0.868. The number of hydrogen-bond donors (Lipinski definition) is 0. The molecule has 1 aromatic carbocycles. The molecule has 1 aliphatic heterocycles. The molecule has 1 saturated heterocycles. The lowest BCUT2D eigenvalue weighted by Gasteiger charge is -2.23. The molecule has 1 aliphatic rings. The Bertz CT molecular complexity index is 708. The zero-order valence-corrected chi connectivity index (χ0v) is 11.8. The largest absolute Gasteiger partial charge is 0.494 e. The molecule has 0 amide bonds. The highest BCUT2D eigenvalue weighted by molar-refractivity contribution is 5.79. The summed E-state index contributed by atoms with van der Waals surface area (Å²) in [6.45, 7) is 2.20. The first-order valence-electron chi connectivity index (χ1n) is 6.99. The molecule has 0 saturated carbocycles. The monoisotopic (exact) mass is 292 g/mol. The minimum absolute atomic E-state index is 0.0604. The van der Waals surface area contributed by atoms with Gasteiger partial charge in [0.05, 0.1) is 24.3 Å². The lowest BCUT2D eigenvalue weighted by Crippen LogP contribution is -2.22. The van der Waals surface area contributed by atoms with E-state index in [0.29, 0.717) is 23.4 Å². The minimum atomic E-state index is -0.476. The zero-order chi connectivity index (χ0) is 14.8. The number of fused-ring (bicyclic) bond motifs is 1. The van der Waals surface area contributed by atoms with Crippen molar-refractivity contribution in [3.05, 3.63) is 34.6 Å². The average molecular weight is 292 g/mol. The summed E-state index contributed by atoms with van der Waals surface area (Å²) in [5.41, 5.74) is 0.186. The summed E-state index contributed by atoms with van der Waals surface area (Å²) >= 11 is 0. The van der Waals surface area contributed by atoms with Crippen molar-refractivity contribution in [2.75, 3.05) is 20.3 Å². The van der Waals surface area contributed by atoms with Gasteiger partial charge in [-0.25, -0.2) is 4.39 Å². The Labute approximate surface area is 121 Å². The van der Waals surface area contributed by atoms with Crippen LogP contribution in [0.3, 0.4) is 0 Å². The Morgan fingerprint density at radius 1 is 1.43 bits per heavy atom. The van der Waals surface area contributed by atoms with Gasteiger partial charge < -0.3 is 14.0 Å². The fourth-order valence-corrected chi connectivity index (χ4v) is 2.71. The molecule has 0 spiro atoms. The van der Waals surface area contributed by atoms with Gasteiger partial charge in [-0.2, -0.15) is 4.98 Å². The van der Waals surface area contributed by atoms with Gasteiger partial charge in [-0.15, -0.1) is 0 Å². The molecule has 0 aliphatic carbocycles. The summed E-state index contributed by atoms with van der Waals surface area (Å²) in [6, 6.07) is 2.76. The Balaban J connectivity index is 2.04. The maximum atomic E-state index is 13.9. The fourth-order valence-electron chi connectivity index (χ4n) is 2.71. The molecular formula is C15H17FN2O3. The van der Waals surface area contributed by atoms with Crippen molar-refractivity contribution in [2.24, 2.45) is 5.92 Å². The minimum Gasteiger partial charge on any atom is -0.494 e. The predicted molar refractivity (Wildman–Crippen MR) is 76.1 cm³/mol. The predicted octanol–water partition coefficient (Wildman–Crippen LogP) is 1.97. The van der Waals surface area contributed by atoms with Gasteiger partial charge in [0.15, 0.2) is 11.6 Å². The summed E-state index contributed by atoms with van der Waals surface area (Å²) in [5.74, 6) is 0.0398. The van der Waals surface area contributed by atoms with Crippen molar-refractivity contribution < 1.29 is 13.9 Å². The molecule has 3 rings (SSSR count). The Morgan fingerprint density at radius 2 is 2.19 bits per heavy atom. The van der Waals surface area contributed by atoms with Gasteiger partial charge in [0, 0.05) is 25.8 Å². The molecule has 1 aromatic heterocycles. The summed E-state index contributed by atoms with van der Waals surface area (Å²) in [6.07, 6.45) is 3.42. The maximum absolute atomic E-state index is 13.9. The highest BCUT2D eigenvalue weighted by Crippen LogP contribution is 2.24. The van der Waals surface area contributed by atoms with Crippen LogP contribution in [0.1, 0.15) is 12.8 Å². The van der Waals surface area contributed by atoms with Gasteiger partial charge >= 0.3 is 0 Å². The smallest absolute Gasteiger partial charge is 0.280 e. The van der Waals surface area contributed by atoms with E-state index in [2.05, 4.69) is 4.98 Å². The average Bonchev–Trinajstić information content (AvgIpc) is 2.51. The number of benzene rings is 1. The number of nitrogens with zero attached hydrogens (tertiary/aromatic N) is 2. The van der Waals surface area contributed by atoms with Crippen LogP contribution >= 0.6 is 0 Å². The second kappa shape index (κ2) is 5.81. The topological polar surface area (TPSA) is 53.3 Å². The number of hydrogen-bond acceptors (Lipinski definition) is 4. The second-order valence-electron chi connectivity index (χ2n) is 5.26. The van der Waals surface area contributed by atoms with Crippen LogP contribution < -0.4 is 10.3 Å². The van der Waals surface area contributed by atoms with Crippen LogP contribution in [0, 0.1) is 11.7 Å². The standard InChI is InChI=1S/C15H17FN2O3/c1-20-14-6-11-13(7-12(14)16)18(9-17-15(11)19)8-10-2-4-21-5-3-10/h6-7,9-10H,2-5,8H2,1H3. The van der Waals surface area contributed by atoms with E-state index in [1.54, 1.807) is 0 Å². The number of ether oxygens (including phenoxy) is 2. The molecule has 21 heavy (non-hydrogen) atoms. The summed E-state index contributed by atoms with van der Waals surface area (Å²) in [7, 11) is 1.38. The number of aromatic nitrogens is 2. The maximum Gasteiger partial charge on any atom is 0.280 e. The molecule has 5 nitrogen and oxygen atoms in total. The van der Waals surface area contributed by atoms with Crippen LogP contribution in [0.25, 0.3) is 10.9 Å². The number of methoxy groups -OCH3 is 1. The van der Waals surface area contributed by atoms with E-state index in [0.717, 1.165) is 26.1 Å². The van der Waals surface area contributed by atoms with Crippen LogP contribution in [-0.4, -0.2) is 29.9 Å². The van der Waals surface area contributed by atoms with Gasteiger partial charge in [0.2, 0.25) is 0 Å². The second-order valence-corrected chi connectivity index (χ2v) is 5.26. The van der Waals surface area contributed by atoms with Crippen LogP contribution in [0.2, 0.25) is 0 Å². The van der Waals surface area contributed by atoms with E-state index in [1.807, 2.05) is 4.57 Å². The fraction of sp³-hybridized carbons (Fsp3) is 0.467. The number of halogens is 1. The van der Waals surface area contributed by atoms with Gasteiger partial charge in [0.1, 0.15) is 0 Å². The highest BCUT2D eigenvalue weighted by Gasteiger charge is 2.16. The van der Waals surface area contributed by atoms with Crippen molar-refractivity contribution in [3.8, 4) is 5.75 Å². The first-order valence-corrected chi connectivity index (χ1v) is 6.99. The molecular weight excluding hydrogens is 275 g/mol. The molecule has 2 heterocycles. The molecule has 0 N–H and O–H groups in total.